The van der Waals surface area contributed by atoms with E-state index < -0.39 is 6.04 Å². The molecule has 2 aromatic rings. The number of carbonyl (C=O) groups is 2. The largest absolute Gasteiger partial charge is 0.377 e. The van der Waals surface area contributed by atoms with Crippen LogP contribution in [-0.2, 0) is 16.1 Å². The molecule has 3 aliphatic rings. The summed E-state index contributed by atoms with van der Waals surface area (Å²) in [6, 6.07) is 9.83. The van der Waals surface area contributed by atoms with E-state index in [2.05, 4.69) is 10.2 Å². The Labute approximate surface area is 209 Å². The molecule has 0 radical (unpaired) electrons. The summed E-state index contributed by atoms with van der Waals surface area (Å²) in [5.41, 5.74) is 1.01. The van der Waals surface area contributed by atoms with Crippen molar-refractivity contribution < 1.29 is 18.7 Å². The third-order valence-electron chi connectivity index (χ3n) is 7.26. The highest BCUT2D eigenvalue weighted by atomic mass is 32.1. The number of rotatable bonds is 7. The van der Waals surface area contributed by atoms with Gasteiger partial charge in [0.25, 0.3) is 5.91 Å². The number of thiophene rings is 1. The van der Waals surface area contributed by atoms with Crippen LogP contribution in [0.4, 0.5) is 4.39 Å². The van der Waals surface area contributed by atoms with Crippen LogP contribution in [0, 0.1) is 5.82 Å². The molecule has 9 heteroatoms. The second-order valence-electron chi connectivity index (χ2n) is 9.61. The van der Waals surface area contributed by atoms with Crippen molar-refractivity contribution in [3.63, 3.8) is 0 Å². The highest BCUT2D eigenvalue weighted by Crippen LogP contribution is 2.29. The van der Waals surface area contributed by atoms with E-state index >= 15 is 0 Å². The predicted octanol–water partition coefficient (Wildman–Crippen LogP) is 2.58. The van der Waals surface area contributed by atoms with Crippen molar-refractivity contribution in [1.29, 1.82) is 0 Å². The zero-order chi connectivity index (χ0) is 24.2. The molecule has 3 saturated heterocycles. The third-order valence-corrected chi connectivity index (χ3v) is 8.12. The van der Waals surface area contributed by atoms with Crippen LogP contribution < -0.4 is 5.32 Å². The number of benzene rings is 1. The van der Waals surface area contributed by atoms with E-state index in [1.807, 2.05) is 34.5 Å². The maximum atomic E-state index is 13.6. The molecule has 3 aliphatic heterocycles. The van der Waals surface area contributed by atoms with Gasteiger partial charge < -0.3 is 19.9 Å². The first-order chi connectivity index (χ1) is 17.1. The van der Waals surface area contributed by atoms with Gasteiger partial charge in [-0.2, -0.15) is 0 Å². The van der Waals surface area contributed by atoms with Gasteiger partial charge in [0.15, 0.2) is 0 Å². The molecule has 7 nitrogen and oxygen atoms in total. The van der Waals surface area contributed by atoms with Crippen LogP contribution in [0.15, 0.2) is 41.8 Å². The molecule has 1 aromatic carbocycles. The van der Waals surface area contributed by atoms with Crippen molar-refractivity contribution >= 4 is 23.2 Å². The minimum Gasteiger partial charge on any atom is -0.377 e. The van der Waals surface area contributed by atoms with Crippen molar-refractivity contribution in [2.75, 3.05) is 45.9 Å². The minimum atomic E-state index is -0.479. The summed E-state index contributed by atoms with van der Waals surface area (Å²) < 4.78 is 19.5. The normalized spacial score (nSPS) is 24.9. The zero-order valence-corrected chi connectivity index (χ0v) is 20.7. The lowest BCUT2D eigenvalue weighted by Crippen LogP contribution is -2.53. The first kappa shape index (κ1) is 24.4. The number of amides is 2. The molecule has 3 atom stereocenters. The number of piperazine rings is 1. The molecule has 35 heavy (non-hydrogen) atoms. The topological polar surface area (TPSA) is 65.1 Å². The molecule has 3 fully saturated rings. The van der Waals surface area contributed by atoms with Gasteiger partial charge in [-0.15, -0.1) is 11.3 Å². The number of carbonyl (C=O) groups excluding carboxylic acids is 2. The minimum absolute atomic E-state index is 0.0185. The quantitative estimate of drug-likeness (QED) is 0.633. The van der Waals surface area contributed by atoms with Crippen LogP contribution in [-0.4, -0.2) is 90.6 Å². The maximum Gasteiger partial charge on any atom is 0.264 e. The molecule has 0 bridgehead atoms. The Hall–Kier alpha value is -2.33. The van der Waals surface area contributed by atoms with Gasteiger partial charge in [0.05, 0.1) is 11.0 Å². The second-order valence-corrected chi connectivity index (χ2v) is 10.6. The summed E-state index contributed by atoms with van der Waals surface area (Å²) in [7, 11) is 0. The first-order valence-corrected chi connectivity index (χ1v) is 13.4. The molecule has 0 aliphatic carbocycles. The Morgan fingerprint density at radius 2 is 1.97 bits per heavy atom. The van der Waals surface area contributed by atoms with E-state index in [4.69, 9.17) is 4.74 Å². The van der Waals surface area contributed by atoms with Gasteiger partial charge >= 0.3 is 0 Å². The smallest absolute Gasteiger partial charge is 0.264 e. The Morgan fingerprint density at radius 3 is 2.66 bits per heavy atom. The van der Waals surface area contributed by atoms with Crippen LogP contribution in [0.1, 0.15) is 34.5 Å². The average Bonchev–Trinajstić information content (AvgIpc) is 3.67. The first-order valence-electron chi connectivity index (χ1n) is 12.5. The molecular formula is C26H33FN4O3S. The van der Waals surface area contributed by atoms with Crippen molar-refractivity contribution in [3.8, 4) is 0 Å². The van der Waals surface area contributed by atoms with Crippen molar-refractivity contribution in [2.45, 2.75) is 44.0 Å². The van der Waals surface area contributed by atoms with Gasteiger partial charge in [0.2, 0.25) is 5.91 Å². The number of nitrogens with zero attached hydrogens (tertiary/aromatic N) is 3. The van der Waals surface area contributed by atoms with Crippen LogP contribution in [0.3, 0.4) is 0 Å². The van der Waals surface area contributed by atoms with Gasteiger partial charge in [-0.25, -0.2) is 4.39 Å². The Morgan fingerprint density at radius 1 is 1.17 bits per heavy atom. The molecular weight excluding hydrogens is 467 g/mol. The molecule has 1 aromatic heterocycles. The van der Waals surface area contributed by atoms with Gasteiger partial charge in [-0.05, 0) is 48.4 Å². The lowest BCUT2D eigenvalue weighted by molar-refractivity contribution is -0.135. The van der Waals surface area contributed by atoms with Crippen LogP contribution >= 0.6 is 11.3 Å². The molecule has 188 valence electrons. The summed E-state index contributed by atoms with van der Waals surface area (Å²) in [6.45, 7) is 5.50. The SMILES string of the molecule is O=C(C1CC(N(Cc2ccc(F)cc2)CC2CCCO2)CN1C(=O)c1cccs1)N1CCNCC1. The fourth-order valence-electron chi connectivity index (χ4n) is 5.39. The summed E-state index contributed by atoms with van der Waals surface area (Å²) >= 11 is 1.41. The monoisotopic (exact) mass is 500 g/mol. The Bertz CT molecular complexity index is 991. The average molecular weight is 501 g/mol. The van der Waals surface area contributed by atoms with Crippen molar-refractivity contribution in [2.24, 2.45) is 0 Å². The van der Waals surface area contributed by atoms with Crippen molar-refractivity contribution in [1.82, 2.24) is 20.0 Å². The van der Waals surface area contributed by atoms with Crippen LogP contribution in [0.2, 0.25) is 0 Å². The fraction of sp³-hybridized carbons (Fsp3) is 0.538. The van der Waals surface area contributed by atoms with Gasteiger partial charge in [0.1, 0.15) is 11.9 Å². The van der Waals surface area contributed by atoms with E-state index in [0.717, 1.165) is 44.6 Å². The lowest BCUT2D eigenvalue weighted by atomic mass is 10.1. The molecule has 3 unspecified atom stereocenters. The van der Waals surface area contributed by atoms with E-state index in [1.165, 1.54) is 23.5 Å². The summed E-state index contributed by atoms with van der Waals surface area (Å²) in [5, 5.41) is 5.19. The van der Waals surface area contributed by atoms with Crippen LogP contribution in [0.5, 0.6) is 0 Å². The number of nitrogens with one attached hydrogen (secondary N) is 1. The summed E-state index contributed by atoms with van der Waals surface area (Å²) in [6.07, 6.45) is 2.79. The highest BCUT2D eigenvalue weighted by molar-refractivity contribution is 7.12. The summed E-state index contributed by atoms with van der Waals surface area (Å²) in [4.78, 5) is 33.8. The van der Waals surface area contributed by atoms with E-state index in [1.54, 1.807) is 4.90 Å². The van der Waals surface area contributed by atoms with Crippen LogP contribution in [0.25, 0.3) is 0 Å². The van der Waals surface area contributed by atoms with Gasteiger partial charge in [-0.1, -0.05) is 18.2 Å². The fourth-order valence-corrected chi connectivity index (χ4v) is 6.07. The standard InChI is InChI=1S/C26H33FN4O3S/c27-20-7-5-19(6-8-20)16-30(18-22-3-1-13-34-22)21-15-23(25(32)29-11-9-28-10-12-29)31(17-21)26(33)24-4-2-14-35-24/h2,4-8,14,21-23,28H,1,3,9-13,15-18H2. The van der Waals surface area contributed by atoms with E-state index in [9.17, 15) is 14.0 Å². The number of ether oxygens (including phenoxy) is 1. The van der Waals surface area contributed by atoms with E-state index in [0.29, 0.717) is 37.5 Å². The maximum absolute atomic E-state index is 13.6. The number of hydrogen-bond acceptors (Lipinski definition) is 6. The van der Waals surface area contributed by atoms with Gasteiger partial charge in [0, 0.05) is 58.5 Å². The second kappa shape index (κ2) is 11.2. The third kappa shape index (κ3) is 5.74. The number of likely N-dealkylation sites (tertiary alicyclic amines) is 1. The highest BCUT2D eigenvalue weighted by Gasteiger charge is 2.44. The molecule has 2 amide bonds. The Kier molecular flexibility index (Phi) is 7.77. The Balaban J connectivity index is 1.39. The lowest BCUT2D eigenvalue weighted by Gasteiger charge is -2.32. The number of halogens is 1. The van der Waals surface area contributed by atoms with Gasteiger partial charge in [-0.3, -0.25) is 14.5 Å². The molecule has 0 spiro atoms. The van der Waals surface area contributed by atoms with E-state index in [-0.39, 0.29) is 29.8 Å². The molecule has 5 rings (SSSR count). The van der Waals surface area contributed by atoms with Crippen molar-refractivity contribution in [3.05, 3.63) is 58.0 Å². The predicted molar refractivity (Wildman–Crippen MR) is 133 cm³/mol. The molecule has 4 heterocycles. The summed E-state index contributed by atoms with van der Waals surface area (Å²) in [5.74, 6) is -0.290. The number of hydrogen-bond donors (Lipinski definition) is 1. The zero-order valence-electron chi connectivity index (χ0n) is 19.9. The molecule has 0 saturated carbocycles. The molecule has 1 N–H and O–H groups in total.